The van der Waals surface area contributed by atoms with E-state index in [2.05, 4.69) is 15.2 Å². The lowest BCUT2D eigenvalue weighted by Gasteiger charge is -2.18. The minimum Gasteiger partial charge on any atom is -0.497 e. The molecule has 1 aromatic carbocycles. The van der Waals surface area contributed by atoms with E-state index in [-0.39, 0.29) is 5.91 Å². The number of thioether (sulfide) groups is 1. The second kappa shape index (κ2) is 9.36. The van der Waals surface area contributed by atoms with Gasteiger partial charge in [-0.2, -0.15) is 0 Å². The maximum absolute atomic E-state index is 12.4. The number of methoxy groups -OCH3 is 1. The van der Waals surface area contributed by atoms with Crippen molar-refractivity contribution in [3.05, 3.63) is 48.7 Å². The van der Waals surface area contributed by atoms with Crippen molar-refractivity contribution in [2.24, 2.45) is 0 Å². The maximum Gasteiger partial charge on any atom is 0.233 e. The Hall–Kier alpha value is -2.87. The molecule has 7 nitrogen and oxygen atoms in total. The molecule has 0 radical (unpaired) electrons. The average Bonchev–Trinajstić information content (AvgIpc) is 3.18. The average molecular weight is 398 g/mol. The summed E-state index contributed by atoms with van der Waals surface area (Å²) in [6.07, 6.45) is 1.72. The van der Waals surface area contributed by atoms with Crippen molar-refractivity contribution in [2.45, 2.75) is 19.0 Å². The van der Waals surface area contributed by atoms with Gasteiger partial charge in [0.2, 0.25) is 5.91 Å². The first kappa shape index (κ1) is 19.9. The molecule has 0 unspecified atom stereocenters. The Kier molecular flexibility index (Phi) is 6.65. The minimum absolute atomic E-state index is 0.0783. The van der Waals surface area contributed by atoms with Gasteiger partial charge in [-0.1, -0.05) is 23.9 Å². The topological polar surface area (TPSA) is 73.1 Å². The fraction of sp³-hybridized carbons (Fsp3) is 0.300. The third-order valence-corrected chi connectivity index (χ3v) is 5.19. The van der Waals surface area contributed by atoms with Crippen molar-refractivity contribution in [3.8, 4) is 23.0 Å². The molecule has 0 aliphatic rings. The van der Waals surface area contributed by atoms with Crippen molar-refractivity contribution in [1.29, 1.82) is 0 Å². The summed E-state index contributed by atoms with van der Waals surface area (Å²) in [7, 11) is 1.63. The van der Waals surface area contributed by atoms with Gasteiger partial charge in [-0.25, -0.2) is 0 Å². The zero-order valence-electron chi connectivity index (χ0n) is 16.2. The van der Waals surface area contributed by atoms with E-state index in [0.717, 1.165) is 11.4 Å². The molecule has 0 atom stereocenters. The van der Waals surface area contributed by atoms with Crippen molar-refractivity contribution in [1.82, 2.24) is 24.6 Å². The smallest absolute Gasteiger partial charge is 0.233 e. The Morgan fingerprint density at radius 2 is 1.96 bits per heavy atom. The van der Waals surface area contributed by atoms with Crippen molar-refractivity contribution in [3.63, 3.8) is 0 Å². The number of aromatic nitrogens is 4. The van der Waals surface area contributed by atoms with Crippen LogP contribution < -0.4 is 4.74 Å². The highest BCUT2D eigenvalue weighted by Crippen LogP contribution is 2.28. The lowest BCUT2D eigenvalue weighted by Crippen LogP contribution is -2.31. The lowest BCUT2D eigenvalue weighted by atomic mass is 10.2. The number of pyridine rings is 1. The molecule has 3 aromatic rings. The quantitative estimate of drug-likeness (QED) is 0.543. The monoisotopic (exact) mass is 397 g/mol. The van der Waals surface area contributed by atoms with E-state index in [0.29, 0.717) is 35.5 Å². The highest BCUT2D eigenvalue weighted by molar-refractivity contribution is 7.99. The highest BCUT2D eigenvalue weighted by Gasteiger charge is 2.19. The van der Waals surface area contributed by atoms with Gasteiger partial charge in [-0.05, 0) is 38.1 Å². The molecule has 28 heavy (non-hydrogen) atoms. The standard InChI is InChI=1S/C20H23N5O2S/c1-4-24(5-2)18(26)14-28-20-23-22-19(17-11-6-7-12-21-17)25(20)15-9-8-10-16(13-15)27-3/h6-13H,4-5,14H2,1-3H3. The minimum atomic E-state index is 0.0783. The number of amides is 1. The molecule has 0 N–H and O–H groups in total. The van der Waals surface area contributed by atoms with E-state index in [9.17, 15) is 4.79 Å². The second-order valence-corrected chi connectivity index (χ2v) is 6.86. The number of hydrogen-bond donors (Lipinski definition) is 0. The summed E-state index contributed by atoms with van der Waals surface area (Å²) in [4.78, 5) is 18.6. The Bertz CT molecular complexity index is 925. The molecule has 2 aromatic heterocycles. The van der Waals surface area contributed by atoms with Crippen LogP contribution in [-0.2, 0) is 4.79 Å². The molecule has 0 spiro atoms. The van der Waals surface area contributed by atoms with Crippen molar-refractivity contribution in [2.75, 3.05) is 26.0 Å². The Balaban J connectivity index is 1.98. The zero-order valence-corrected chi connectivity index (χ0v) is 17.0. The molecule has 3 rings (SSSR count). The van der Waals surface area contributed by atoms with Crippen LogP contribution in [0.5, 0.6) is 5.75 Å². The molecular weight excluding hydrogens is 374 g/mol. The van der Waals surface area contributed by atoms with Gasteiger partial charge >= 0.3 is 0 Å². The third kappa shape index (κ3) is 4.33. The van der Waals surface area contributed by atoms with Gasteiger partial charge < -0.3 is 9.64 Å². The molecule has 0 fully saturated rings. The largest absolute Gasteiger partial charge is 0.497 e. The van der Waals surface area contributed by atoms with Gasteiger partial charge in [-0.3, -0.25) is 14.3 Å². The van der Waals surface area contributed by atoms with E-state index in [1.807, 2.05) is 60.9 Å². The first-order valence-electron chi connectivity index (χ1n) is 9.09. The molecule has 0 saturated carbocycles. The third-order valence-electron chi connectivity index (χ3n) is 4.28. The van der Waals surface area contributed by atoms with Gasteiger partial charge in [0.25, 0.3) is 0 Å². The summed E-state index contributed by atoms with van der Waals surface area (Å²) in [6.45, 7) is 5.34. The predicted octanol–water partition coefficient (Wildman–Crippen LogP) is 3.30. The van der Waals surface area contributed by atoms with Crippen LogP contribution in [0.1, 0.15) is 13.8 Å². The predicted molar refractivity (Wildman–Crippen MR) is 110 cm³/mol. The molecule has 146 valence electrons. The van der Waals surface area contributed by atoms with Gasteiger partial charge in [0.1, 0.15) is 11.4 Å². The Morgan fingerprint density at radius 3 is 2.64 bits per heavy atom. The van der Waals surface area contributed by atoms with E-state index in [4.69, 9.17) is 4.74 Å². The lowest BCUT2D eigenvalue weighted by molar-refractivity contribution is -0.127. The van der Waals surface area contributed by atoms with Gasteiger partial charge in [-0.15, -0.1) is 10.2 Å². The van der Waals surface area contributed by atoms with Crippen LogP contribution in [0.2, 0.25) is 0 Å². The fourth-order valence-corrected chi connectivity index (χ4v) is 3.66. The molecule has 1 amide bonds. The summed E-state index contributed by atoms with van der Waals surface area (Å²) < 4.78 is 7.27. The molecule has 0 bridgehead atoms. The highest BCUT2D eigenvalue weighted by atomic mass is 32.2. The fourth-order valence-electron chi connectivity index (χ4n) is 2.80. The van der Waals surface area contributed by atoms with Crippen LogP contribution in [-0.4, -0.2) is 56.5 Å². The Labute approximate surface area is 168 Å². The zero-order chi connectivity index (χ0) is 19.9. The SMILES string of the molecule is CCN(CC)C(=O)CSc1nnc(-c2ccccn2)n1-c1cccc(OC)c1. The number of ether oxygens (including phenoxy) is 1. The van der Waals surface area contributed by atoms with E-state index in [1.165, 1.54) is 11.8 Å². The van der Waals surface area contributed by atoms with Crippen molar-refractivity contribution < 1.29 is 9.53 Å². The van der Waals surface area contributed by atoms with Crippen molar-refractivity contribution >= 4 is 17.7 Å². The second-order valence-electron chi connectivity index (χ2n) is 5.91. The molecule has 0 aliphatic carbocycles. The molecule has 0 saturated heterocycles. The number of rotatable bonds is 8. The van der Waals surface area contributed by atoms with Crippen LogP contribution in [0.25, 0.3) is 17.2 Å². The van der Waals surface area contributed by atoms with Crippen LogP contribution >= 0.6 is 11.8 Å². The van der Waals surface area contributed by atoms with E-state index in [1.54, 1.807) is 18.2 Å². The van der Waals surface area contributed by atoms with Crippen LogP contribution in [0.3, 0.4) is 0 Å². The van der Waals surface area contributed by atoms with E-state index < -0.39 is 0 Å². The van der Waals surface area contributed by atoms with Gasteiger partial charge in [0.15, 0.2) is 11.0 Å². The van der Waals surface area contributed by atoms with Crippen LogP contribution in [0.4, 0.5) is 0 Å². The van der Waals surface area contributed by atoms with Crippen LogP contribution in [0, 0.1) is 0 Å². The molecule has 8 heteroatoms. The summed E-state index contributed by atoms with van der Waals surface area (Å²) >= 11 is 1.37. The number of hydrogen-bond acceptors (Lipinski definition) is 6. The summed E-state index contributed by atoms with van der Waals surface area (Å²) in [6, 6.07) is 13.3. The summed E-state index contributed by atoms with van der Waals surface area (Å²) in [5.41, 5.74) is 1.56. The number of nitrogens with zero attached hydrogens (tertiary/aromatic N) is 5. The summed E-state index contributed by atoms with van der Waals surface area (Å²) in [5, 5.41) is 9.31. The Morgan fingerprint density at radius 1 is 1.14 bits per heavy atom. The number of carbonyl (C=O) groups is 1. The van der Waals surface area contributed by atoms with Crippen LogP contribution in [0.15, 0.2) is 53.8 Å². The number of benzene rings is 1. The molecular formula is C20H23N5O2S. The first-order chi connectivity index (χ1) is 13.7. The first-order valence-corrected chi connectivity index (χ1v) is 10.1. The normalized spacial score (nSPS) is 10.7. The molecule has 2 heterocycles. The van der Waals surface area contributed by atoms with Gasteiger partial charge in [0.05, 0.1) is 18.6 Å². The number of carbonyl (C=O) groups excluding carboxylic acids is 1. The maximum atomic E-state index is 12.4. The van der Waals surface area contributed by atoms with Gasteiger partial charge in [0, 0.05) is 25.4 Å². The van der Waals surface area contributed by atoms with E-state index >= 15 is 0 Å². The summed E-state index contributed by atoms with van der Waals surface area (Å²) in [5.74, 6) is 1.72. The molecule has 0 aliphatic heterocycles.